The van der Waals surface area contributed by atoms with Crippen LogP contribution in [0.25, 0.3) is 0 Å². The van der Waals surface area contributed by atoms with Crippen LogP contribution in [0.2, 0.25) is 0 Å². The van der Waals surface area contributed by atoms with Gasteiger partial charge in [0.05, 0.1) is 5.56 Å². The van der Waals surface area contributed by atoms with E-state index in [1.54, 1.807) is 0 Å². The molecule has 0 radical (unpaired) electrons. The second kappa shape index (κ2) is 7.85. The molecule has 2 rings (SSSR count). The van der Waals surface area contributed by atoms with E-state index in [9.17, 15) is 22.8 Å². The molecule has 0 aliphatic heterocycles. The van der Waals surface area contributed by atoms with Crippen molar-refractivity contribution >= 4 is 29.9 Å². The fourth-order valence-corrected chi connectivity index (χ4v) is 2.20. The Kier molecular flexibility index (Phi) is 6.62. The molecule has 1 aromatic rings. The summed E-state index contributed by atoms with van der Waals surface area (Å²) in [5, 5.41) is 4.80. The molecule has 1 atom stereocenters. The van der Waals surface area contributed by atoms with Gasteiger partial charge in [-0.1, -0.05) is 0 Å². The zero-order chi connectivity index (χ0) is 17.2. The number of alkyl halides is 3. The lowest BCUT2D eigenvalue weighted by Crippen LogP contribution is -2.38. The third-order valence-electron chi connectivity index (χ3n) is 3.57. The number of carbonyl (C=O) groups is 2. The van der Waals surface area contributed by atoms with Crippen LogP contribution in [0.1, 0.15) is 35.7 Å². The van der Waals surface area contributed by atoms with Gasteiger partial charge in [0.15, 0.2) is 0 Å². The zero-order valence-electron chi connectivity index (χ0n) is 12.9. The van der Waals surface area contributed by atoms with Gasteiger partial charge >= 0.3 is 6.18 Å². The van der Waals surface area contributed by atoms with Crippen molar-refractivity contribution in [3.63, 3.8) is 0 Å². The summed E-state index contributed by atoms with van der Waals surface area (Å²) < 4.78 is 38.7. The Hall–Kier alpha value is -1.80. The molecule has 0 bridgehead atoms. The first-order valence-electron chi connectivity index (χ1n) is 7.20. The Bertz CT molecular complexity index is 618. The van der Waals surface area contributed by atoms with Crippen molar-refractivity contribution in [2.45, 2.75) is 32.0 Å². The van der Waals surface area contributed by atoms with Crippen LogP contribution in [0.5, 0.6) is 0 Å². The number of benzene rings is 1. The van der Waals surface area contributed by atoms with Crippen molar-refractivity contribution in [2.75, 3.05) is 11.9 Å². The van der Waals surface area contributed by atoms with E-state index in [0.717, 1.165) is 25.0 Å². The van der Waals surface area contributed by atoms with Crippen LogP contribution in [0.3, 0.4) is 0 Å². The standard InChI is InChI=1S/C15H18F3N3O2.ClH/c1-8(22)21-12-5-10(4-11(6-12)15(16,17)18)14(23)20-7-13(19)9-2-3-9;/h4-6,9,13H,2-3,7,19H2,1H3,(H,20,23)(H,21,22);1H. The highest BCUT2D eigenvalue weighted by Gasteiger charge is 2.32. The van der Waals surface area contributed by atoms with Crippen molar-refractivity contribution in [3.8, 4) is 0 Å². The maximum atomic E-state index is 12.9. The topological polar surface area (TPSA) is 84.2 Å². The number of carbonyl (C=O) groups excluding carboxylic acids is 2. The lowest BCUT2D eigenvalue weighted by Gasteiger charge is -2.14. The predicted octanol–water partition coefficient (Wildman–Crippen LogP) is 2.55. The Balaban J connectivity index is 0.00000288. The van der Waals surface area contributed by atoms with Crippen molar-refractivity contribution in [2.24, 2.45) is 11.7 Å². The molecule has 4 N–H and O–H groups in total. The van der Waals surface area contributed by atoms with Gasteiger partial charge in [0, 0.05) is 30.8 Å². The van der Waals surface area contributed by atoms with Gasteiger partial charge in [-0.3, -0.25) is 9.59 Å². The minimum Gasteiger partial charge on any atom is -0.350 e. The highest BCUT2D eigenvalue weighted by atomic mass is 35.5. The zero-order valence-corrected chi connectivity index (χ0v) is 13.8. The summed E-state index contributed by atoms with van der Waals surface area (Å²) in [5.74, 6) is -0.808. The molecule has 5 nitrogen and oxygen atoms in total. The van der Waals surface area contributed by atoms with Gasteiger partial charge in [-0.25, -0.2) is 0 Å². The quantitative estimate of drug-likeness (QED) is 0.749. The number of amides is 2. The highest BCUT2D eigenvalue weighted by Crippen LogP contribution is 2.32. The van der Waals surface area contributed by atoms with Gasteiger partial charge in [0.2, 0.25) is 5.91 Å². The Labute approximate surface area is 143 Å². The summed E-state index contributed by atoms with van der Waals surface area (Å²) in [6.45, 7) is 1.38. The van der Waals surface area contributed by atoms with Crippen LogP contribution < -0.4 is 16.4 Å². The number of nitrogens with two attached hydrogens (primary N) is 1. The molecule has 9 heteroatoms. The average Bonchev–Trinajstić information content (AvgIpc) is 3.26. The molecule has 1 saturated carbocycles. The normalized spacial score (nSPS) is 15.2. The summed E-state index contributed by atoms with van der Waals surface area (Å²) in [5.41, 5.74) is 4.59. The van der Waals surface area contributed by atoms with Crippen molar-refractivity contribution < 1.29 is 22.8 Å². The third-order valence-corrected chi connectivity index (χ3v) is 3.57. The maximum absolute atomic E-state index is 12.9. The minimum absolute atomic E-state index is 0. The van der Waals surface area contributed by atoms with Gasteiger partial charge in [0.25, 0.3) is 5.91 Å². The molecule has 1 unspecified atom stereocenters. The fraction of sp³-hybridized carbons (Fsp3) is 0.467. The van der Waals surface area contributed by atoms with Crippen LogP contribution in [0, 0.1) is 5.92 Å². The Morgan fingerprint density at radius 1 is 1.29 bits per heavy atom. The number of halogens is 4. The average molecular weight is 366 g/mol. The molecule has 1 fully saturated rings. The molecule has 1 aliphatic rings. The van der Waals surface area contributed by atoms with Crippen molar-refractivity contribution in [1.82, 2.24) is 5.32 Å². The molecular formula is C15H19ClF3N3O2. The largest absolute Gasteiger partial charge is 0.416 e. The van der Waals surface area contributed by atoms with E-state index < -0.39 is 23.6 Å². The molecule has 134 valence electrons. The van der Waals surface area contributed by atoms with Crippen LogP contribution >= 0.6 is 12.4 Å². The van der Waals surface area contributed by atoms with Crippen LogP contribution in [0.15, 0.2) is 18.2 Å². The Morgan fingerprint density at radius 2 is 1.92 bits per heavy atom. The molecular weight excluding hydrogens is 347 g/mol. The lowest BCUT2D eigenvalue weighted by atomic mass is 10.1. The third kappa shape index (κ3) is 5.68. The first-order valence-corrected chi connectivity index (χ1v) is 7.20. The maximum Gasteiger partial charge on any atom is 0.416 e. The first-order chi connectivity index (χ1) is 10.7. The van der Waals surface area contributed by atoms with E-state index in [2.05, 4.69) is 10.6 Å². The second-order valence-electron chi connectivity index (χ2n) is 5.69. The van der Waals surface area contributed by atoms with E-state index in [1.165, 1.54) is 13.0 Å². The summed E-state index contributed by atoms with van der Waals surface area (Å²) in [6, 6.07) is 2.55. The first kappa shape index (κ1) is 20.2. The molecule has 2 amide bonds. The molecule has 1 aromatic carbocycles. The minimum atomic E-state index is -4.62. The number of anilines is 1. The monoisotopic (exact) mass is 365 g/mol. The van der Waals surface area contributed by atoms with E-state index in [0.29, 0.717) is 5.92 Å². The van der Waals surface area contributed by atoms with Crippen molar-refractivity contribution in [3.05, 3.63) is 29.3 Å². The molecule has 0 heterocycles. The summed E-state index contributed by atoms with van der Waals surface area (Å²) in [6.07, 6.45) is -2.60. The van der Waals surface area contributed by atoms with Gasteiger partial charge < -0.3 is 16.4 Å². The smallest absolute Gasteiger partial charge is 0.350 e. The van der Waals surface area contributed by atoms with Crippen LogP contribution in [0.4, 0.5) is 18.9 Å². The SMILES string of the molecule is CC(=O)Nc1cc(C(=O)NCC(N)C2CC2)cc(C(F)(F)F)c1.Cl. The Morgan fingerprint density at radius 3 is 2.42 bits per heavy atom. The molecule has 0 spiro atoms. The molecule has 0 aromatic heterocycles. The number of rotatable bonds is 5. The lowest BCUT2D eigenvalue weighted by molar-refractivity contribution is -0.137. The number of hydrogen-bond donors (Lipinski definition) is 3. The molecule has 0 saturated heterocycles. The summed E-state index contributed by atoms with van der Waals surface area (Å²) in [4.78, 5) is 23.1. The van der Waals surface area contributed by atoms with Crippen LogP contribution in [-0.4, -0.2) is 24.4 Å². The van der Waals surface area contributed by atoms with E-state index in [-0.39, 0.29) is 36.2 Å². The fourth-order valence-electron chi connectivity index (χ4n) is 2.20. The van der Waals surface area contributed by atoms with Gasteiger partial charge in [-0.15, -0.1) is 12.4 Å². The number of hydrogen-bond acceptors (Lipinski definition) is 3. The molecule has 24 heavy (non-hydrogen) atoms. The van der Waals surface area contributed by atoms with Crippen LogP contribution in [-0.2, 0) is 11.0 Å². The van der Waals surface area contributed by atoms with Gasteiger partial charge in [-0.05, 0) is 37.0 Å². The van der Waals surface area contributed by atoms with Crippen molar-refractivity contribution in [1.29, 1.82) is 0 Å². The predicted molar refractivity (Wildman–Crippen MR) is 86.0 cm³/mol. The van der Waals surface area contributed by atoms with E-state index in [1.807, 2.05) is 0 Å². The highest BCUT2D eigenvalue weighted by molar-refractivity contribution is 5.97. The van der Waals surface area contributed by atoms with Gasteiger partial charge in [-0.2, -0.15) is 13.2 Å². The summed E-state index contributed by atoms with van der Waals surface area (Å²) >= 11 is 0. The van der Waals surface area contributed by atoms with Gasteiger partial charge in [0.1, 0.15) is 0 Å². The van der Waals surface area contributed by atoms with E-state index >= 15 is 0 Å². The molecule has 1 aliphatic carbocycles. The second-order valence-corrected chi connectivity index (χ2v) is 5.69. The number of nitrogens with one attached hydrogen (secondary N) is 2. The summed E-state index contributed by atoms with van der Waals surface area (Å²) in [7, 11) is 0. The van der Waals surface area contributed by atoms with E-state index in [4.69, 9.17) is 5.73 Å².